The maximum Gasteiger partial charge on any atom is 0.184 e. The van der Waals surface area contributed by atoms with E-state index in [-0.39, 0.29) is 24.7 Å². The predicted molar refractivity (Wildman–Crippen MR) is 95.4 cm³/mol. The number of ether oxygens (including phenoxy) is 4. The number of aromatic hydroxyl groups is 2. The van der Waals surface area contributed by atoms with Crippen LogP contribution in [0.15, 0.2) is 48.5 Å². The molecular formula is C20H22O8. The van der Waals surface area contributed by atoms with Crippen LogP contribution < -0.4 is 0 Å². The van der Waals surface area contributed by atoms with E-state index in [4.69, 9.17) is 18.9 Å². The third-order valence-corrected chi connectivity index (χ3v) is 4.84. The zero-order valence-electron chi connectivity index (χ0n) is 14.9. The molecule has 2 aliphatic heterocycles. The molecule has 4 N–H and O–H groups in total. The summed E-state index contributed by atoms with van der Waals surface area (Å²) >= 11 is 0. The molecule has 8 heteroatoms. The molecule has 2 aromatic carbocycles. The van der Waals surface area contributed by atoms with Crippen LogP contribution in [0.5, 0.6) is 11.5 Å². The summed E-state index contributed by atoms with van der Waals surface area (Å²) in [4.78, 5) is 0. The molecule has 0 aromatic heterocycles. The van der Waals surface area contributed by atoms with Gasteiger partial charge in [0, 0.05) is 11.1 Å². The topological polar surface area (TPSA) is 118 Å². The van der Waals surface area contributed by atoms with Crippen LogP contribution in [0.25, 0.3) is 0 Å². The summed E-state index contributed by atoms with van der Waals surface area (Å²) in [5.41, 5.74) is 1.30. The Balaban J connectivity index is 1.55. The Kier molecular flexibility index (Phi) is 5.49. The number of fused-ring (bicyclic) bond motifs is 2. The number of phenolic OH excluding ortho intramolecular Hbond substituents is 2. The molecular weight excluding hydrogens is 368 g/mol. The zero-order chi connectivity index (χ0) is 19.7. The highest BCUT2D eigenvalue weighted by Gasteiger charge is 2.44. The first-order valence-electron chi connectivity index (χ1n) is 8.99. The van der Waals surface area contributed by atoms with Crippen molar-refractivity contribution in [3.05, 3.63) is 59.7 Å². The third-order valence-electron chi connectivity index (χ3n) is 4.84. The van der Waals surface area contributed by atoms with Crippen LogP contribution >= 0.6 is 0 Å². The molecule has 2 saturated heterocycles. The number of hydrogen-bond donors (Lipinski definition) is 4. The lowest BCUT2D eigenvalue weighted by Crippen LogP contribution is -2.54. The van der Waals surface area contributed by atoms with Crippen LogP contribution in [-0.4, -0.2) is 58.1 Å². The number of phenols is 2. The Hall–Kier alpha value is -2.20. The SMILES string of the molecule is Oc1ccc(C2OC[C@H](O)[C@H]3OC(c4ccc(O)cc4)O[C@H](CO2)[C@H]3O)cc1. The number of hydrogen-bond acceptors (Lipinski definition) is 8. The van der Waals surface area contributed by atoms with Gasteiger partial charge in [0.05, 0.1) is 13.2 Å². The highest BCUT2D eigenvalue weighted by atomic mass is 16.7. The maximum absolute atomic E-state index is 10.6. The minimum Gasteiger partial charge on any atom is -0.508 e. The molecule has 150 valence electrons. The van der Waals surface area contributed by atoms with Crippen LogP contribution in [0, 0.1) is 0 Å². The first-order chi connectivity index (χ1) is 13.5. The Labute approximate surface area is 161 Å². The summed E-state index contributed by atoms with van der Waals surface area (Å²) in [7, 11) is 0. The van der Waals surface area contributed by atoms with E-state index in [1.807, 2.05) is 0 Å². The number of rotatable bonds is 2. The molecule has 6 atom stereocenters. The molecule has 0 amide bonds. The minimum absolute atomic E-state index is 0.00781. The minimum atomic E-state index is -1.11. The average molecular weight is 390 g/mol. The lowest BCUT2D eigenvalue weighted by atomic mass is 10.0. The Morgan fingerprint density at radius 1 is 0.679 bits per heavy atom. The van der Waals surface area contributed by atoms with Crippen molar-refractivity contribution in [3.8, 4) is 11.5 Å². The van der Waals surface area contributed by atoms with Gasteiger partial charge in [-0.25, -0.2) is 0 Å². The largest absolute Gasteiger partial charge is 0.508 e. The summed E-state index contributed by atoms with van der Waals surface area (Å²) < 4.78 is 23.1. The average Bonchev–Trinajstić information content (AvgIpc) is 2.72. The fourth-order valence-electron chi connectivity index (χ4n) is 3.29. The molecule has 0 spiro atoms. The van der Waals surface area contributed by atoms with Gasteiger partial charge in [-0.05, 0) is 24.3 Å². The number of aliphatic hydroxyl groups excluding tert-OH is 2. The molecule has 2 heterocycles. The fourth-order valence-corrected chi connectivity index (χ4v) is 3.29. The normalized spacial score (nSPS) is 33.5. The Morgan fingerprint density at radius 2 is 1.21 bits per heavy atom. The van der Waals surface area contributed by atoms with E-state index >= 15 is 0 Å². The fraction of sp³-hybridized carbons (Fsp3) is 0.400. The van der Waals surface area contributed by atoms with Crippen LogP contribution in [-0.2, 0) is 18.9 Å². The van der Waals surface area contributed by atoms with Crippen LogP contribution in [0.3, 0.4) is 0 Å². The molecule has 28 heavy (non-hydrogen) atoms. The van der Waals surface area contributed by atoms with Gasteiger partial charge in [-0.15, -0.1) is 0 Å². The molecule has 2 aliphatic rings. The van der Waals surface area contributed by atoms with E-state index in [0.29, 0.717) is 11.1 Å². The molecule has 8 nitrogen and oxygen atoms in total. The van der Waals surface area contributed by atoms with E-state index in [0.717, 1.165) is 0 Å². The second kappa shape index (κ2) is 8.04. The van der Waals surface area contributed by atoms with Crippen molar-refractivity contribution >= 4 is 0 Å². The van der Waals surface area contributed by atoms with Gasteiger partial charge in [0.2, 0.25) is 0 Å². The van der Waals surface area contributed by atoms with E-state index in [1.165, 1.54) is 24.3 Å². The summed E-state index contributed by atoms with van der Waals surface area (Å²) in [6.45, 7) is -0.115. The van der Waals surface area contributed by atoms with Crippen molar-refractivity contribution in [1.82, 2.24) is 0 Å². The van der Waals surface area contributed by atoms with Gasteiger partial charge < -0.3 is 39.4 Å². The molecule has 2 fully saturated rings. The molecule has 2 bridgehead atoms. The van der Waals surface area contributed by atoms with Gasteiger partial charge in [-0.2, -0.15) is 0 Å². The summed E-state index contributed by atoms with van der Waals surface area (Å²) in [5, 5.41) is 40.0. The lowest BCUT2D eigenvalue weighted by molar-refractivity contribution is -0.308. The van der Waals surface area contributed by atoms with Crippen LogP contribution in [0.1, 0.15) is 23.7 Å². The molecule has 0 saturated carbocycles. The van der Waals surface area contributed by atoms with Gasteiger partial charge in [-0.1, -0.05) is 24.3 Å². The van der Waals surface area contributed by atoms with E-state index in [1.54, 1.807) is 24.3 Å². The van der Waals surface area contributed by atoms with Crippen molar-refractivity contribution in [2.45, 2.75) is 37.0 Å². The second-order valence-electron chi connectivity index (χ2n) is 6.85. The van der Waals surface area contributed by atoms with Crippen molar-refractivity contribution in [3.63, 3.8) is 0 Å². The van der Waals surface area contributed by atoms with Crippen molar-refractivity contribution in [2.75, 3.05) is 13.2 Å². The summed E-state index contributed by atoms with van der Waals surface area (Å²) in [6.07, 6.45) is -5.53. The predicted octanol–water partition coefficient (Wildman–Crippen LogP) is 1.35. The summed E-state index contributed by atoms with van der Waals surface area (Å²) in [6, 6.07) is 12.6. The molecule has 0 radical (unpaired) electrons. The zero-order valence-corrected chi connectivity index (χ0v) is 14.9. The first-order valence-corrected chi connectivity index (χ1v) is 8.99. The molecule has 2 aromatic rings. The van der Waals surface area contributed by atoms with Crippen LogP contribution in [0.2, 0.25) is 0 Å². The smallest absolute Gasteiger partial charge is 0.184 e. The van der Waals surface area contributed by atoms with Crippen molar-refractivity contribution in [2.24, 2.45) is 0 Å². The number of benzene rings is 2. The van der Waals surface area contributed by atoms with E-state index in [9.17, 15) is 20.4 Å². The van der Waals surface area contributed by atoms with Crippen LogP contribution in [0.4, 0.5) is 0 Å². The van der Waals surface area contributed by atoms with Gasteiger partial charge in [0.1, 0.15) is 35.9 Å². The Morgan fingerprint density at radius 3 is 1.82 bits per heavy atom. The van der Waals surface area contributed by atoms with Gasteiger partial charge in [-0.3, -0.25) is 0 Å². The third kappa shape index (κ3) is 3.97. The standard InChI is InChI=1S/C20H22O8/c21-13-5-1-11(2-6-13)19-25-9-15(23)18-17(24)16(10-26-19)27-20(28-18)12-3-7-14(22)8-4-12/h1-8,15-24H,9-10H2/t15-,16+,17+,18+,19?,20?/m0/s1. The highest BCUT2D eigenvalue weighted by Crippen LogP contribution is 2.35. The highest BCUT2D eigenvalue weighted by molar-refractivity contribution is 5.27. The molecule has 2 unspecified atom stereocenters. The van der Waals surface area contributed by atoms with Crippen molar-refractivity contribution in [1.29, 1.82) is 0 Å². The maximum atomic E-state index is 10.6. The van der Waals surface area contributed by atoms with Crippen molar-refractivity contribution < 1.29 is 39.4 Å². The summed E-state index contributed by atoms with van der Waals surface area (Å²) in [5.74, 6) is 0.228. The van der Waals surface area contributed by atoms with Gasteiger partial charge in [0.25, 0.3) is 0 Å². The quantitative estimate of drug-likeness (QED) is 0.607. The molecule has 4 rings (SSSR count). The lowest BCUT2D eigenvalue weighted by Gasteiger charge is -2.40. The first kappa shape index (κ1) is 19.1. The second-order valence-corrected chi connectivity index (χ2v) is 6.85. The number of aliphatic hydroxyl groups is 2. The Bertz CT molecular complexity index is 778. The van der Waals surface area contributed by atoms with E-state index in [2.05, 4.69) is 0 Å². The van der Waals surface area contributed by atoms with E-state index < -0.39 is 37.0 Å². The van der Waals surface area contributed by atoms with Gasteiger partial charge in [0.15, 0.2) is 12.6 Å². The van der Waals surface area contributed by atoms with Gasteiger partial charge >= 0.3 is 0 Å². The monoisotopic (exact) mass is 390 g/mol. The molecule has 0 aliphatic carbocycles.